The molecule has 0 amide bonds. The van der Waals surface area contributed by atoms with Gasteiger partial charge < -0.3 is 4.98 Å². The van der Waals surface area contributed by atoms with Crippen LogP contribution in [0.5, 0.6) is 0 Å². The summed E-state index contributed by atoms with van der Waals surface area (Å²) in [4.78, 5) is 7.84. The molecule has 1 heterocycles. The predicted octanol–water partition coefficient (Wildman–Crippen LogP) is 1.74. The van der Waals surface area contributed by atoms with Gasteiger partial charge in [0.2, 0.25) is 0 Å². The summed E-state index contributed by atoms with van der Waals surface area (Å²) in [5.41, 5.74) is 1.73. The molecular weight excluding hydrogens is 199 g/mol. The van der Waals surface area contributed by atoms with Gasteiger partial charge in [0.15, 0.2) is 0 Å². The summed E-state index contributed by atoms with van der Waals surface area (Å²) < 4.78 is 0. The second-order valence-corrected chi connectivity index (χ2v) is 2.29. The standard InChI is InChI=1S/C10H6N2.V/c1-2-4-9(5-3-1)10-6-7-11-8-12-10;/h1-4,7-8H;/q-2;+2. The summed E-state index contributed by atoms with van der Waals surface area (Å²) in [7, 11) is 0. The van der Waals surface area contributed by atoms with Gasteiger partial charge in [0.25, 0.3) is 0 Å². The molecule has 3 heteroatoms. The molecule has 0 saturated carbocycles. The van der Waals surface area contributed by atoms with Crippen molar-refractivity contribution in [1.82, 2.24) is 9.97 Å². The van der Waals surface area contributed by atoms with Crippen molar-refractivity contribution in [2.45, 2.75) is 0 Å². The van der Waals surface area contributed by atoms with Crippen molar-refractivity contribution in [2.75, 3.05) is 0 Å². The first-order chi connectivity index (χ1) is 5.97. The van der Waals surface area contributed by atoms with Gasteiger partial charge in [0, 0.05) is 0 Å². The fourth-order valence-corrected chi connectivity index (χ4v) is 0.948. The molecule has 61 valence electrons. The third kappa shape index (κ3) is 2.41. The third-order valence-corrected chi connectivity index (χ3v) is 1.49. The van der Waals surface area contributed by atoms with Crippen LogP contribution in [0.2, 0.25) is 0 Å². The van der Waals surface area contributed by atoms with Gasteiger partial charge in [0.05, 0.1) is 0 Å². The summed E-state index contributed by atoms with van der Waals surface area (Å²) in [5, 5.41) is 0. The normalized spacial score (nSPS) is 8.92. The molecule has 2 aromatic rings. The van der Waals surface area contributed by atoms with Crippen molar-refractivity contribution < 1.29 is 18.6 Å². The van der Waals surface area contributed by atoms with Gasteiger partial charge in [-0.2, -0.15) is 17.8 Å². The van der Waals surface area contributed by atoms with E-state index >= 15 is 0 Å². The van der Waals surface area contributed by atoms with E-state index in [0.717, 1.165) is 11.3 Å². The van der Waals surface area contributed by atoms with Crippen LogP contribution in [-0.2, 0) is 18.6 Å². The molecule has 0 aliphatic heterocycles. The van der Waals surface area contributed by atoms with E-state index in [1.54, 1.807) is 6.20 Å². The van der Waals surface area contributed by atoms with Gasteiger partial charge in [0.1, 0.15) is 6.33 Å². The SMILES string of the molecule is [V+2].[c-]1ccccc1-c1[c-]cncn1. The summed E-state index contributed by atoms with van der Waals surface area (Å²) in [6, 6.07) is 13.7. The van der Waals surface area contributed by atoms with Crippen molar-refractivity contribution in [3.63, 3.8) is 0 Å². The molecule has 0 N–H and O–H groups in total. The van der Waals surface area contributed by atoms with E-state index in [1.165, 1.54) is 6.33 Å². The van der Waals surface area contributed by atoms with Gasteiger partial charge in [-0.1, -0.05) is 6.20 Å². The Labute approximate surface area is 88.9 Å². The van der Waals surface area contributed by atoms with E-state index in [-0.39, 0.29) is 18.6 Å². The van der Waals surface area contributed by atoms with Gasteiger partial charge in [-0.05, 0) is 0 Å². The third-order valence-electron chi connectivity index (χ3n) is 1.49. The van der Waals surface area contributed by atoms with E-state index in [9.17, 15) is 0 Å². The zero-order valence-electron chi connectivity index (χ0n) is 6.81. The fraction of sp³-hybridized carbons (Fsp3) is 0. The molecule has 1 aromatic heterocycles. The number of benzene rings is 1. The minimum atomic E-state index is 0. The number of hydrogen-bond acceptors (Lipinski definition) is 2. The molecule has 0 fully saturated rings. The van der Waals surface area contributed by atoms with Crippen LogP contribution in [0, 0.1) is 12.1 Å². The Hall–Kier alpha value is -1.12. The number of aromatic nitrogens is 2. The summed E-state index contributed by atoms with van der Waals surface area (Å²) in [5.74, 6) is 0. The largest absolute Gasteiger partial charge is 2.00 e. The van der Waals surface area contributed by atoms with Crippen LogP contribution < -0.4 is 0 Å². The summed E-state index contributed by atoms with van der Waals surface area (Å²) in [6.07, 6.45) is 3.11. The minimum Gasteiger partial charge on any atom is -0.325 e. The Kier molecular flexibility index (Phi) is 3.68. The molecule has 0 saturated heterocycles. The summed E-state index contributed by atoms with van der Waals surface area (Å²) in [6.45, 7) is 0. The number of hydrogen-bond donors (Lipinski definition) is 0. The second-order valence-electron chi connectivity index (χ2n) is 2.29. The first-order valence-corrected chi connectivity index (χ1v) is 3.61. The quantitative estimate of drug-likeness (QED) is 0.662. The number of nitrogens with zero attached hydrogens (tertiary/aromatic N) is 2. The average molecular weight is 205 g/mol. The van der Waals surface area contributed by atoms with E-state index in [0.29, 0.717) is 0 Å². The van der Waals surface area contributed by atoms with Crippen molar-refractivity contribution in [3.05, 3.63) is 48.9 Å². The molecule has 0 aliphatic carbocycles. The zero-order valence-corrected chi connectivity index (χ0v) is 8.20. The number of rotatable bonds is 1. The maximum Gasteiger partial charge on any atom is 2.00 e. The average Bonchev–Trinajstić information content (AvgIpc) is 2.21. The van der Waals surface area contributed by atoms with Gasteiger partial charge in [-0.25, -0.2) is 12.1 Å². The van der Waals surface area contributed by atoms with E-state index in [4.69, 9.17) is 0 Å². The molecular formula is C10H6N2V. The monoisotopic (exact) mass is 205 g/mol. The molecule has 2 nitrogen and oxygen atoms in total. The zero-order chi connectivity index (χ0) is 8.23. The van der Waals surface area contributed by atoms with E-state index < -0.39 is 0 Å². The van der Waals surface area contributed by atoms with Crippen LogP contribution in [-0.4, -0.2) is 9.97 Å². The first kappa shape index (κ1) is 9.97. The summed E-state index contributed by atoms with van der Waals surface area (Å²) >= 11 is 0. The maximum atomic E-state index is 4.05. The van der Waals surface area contributed by atoms with Crippen LogP contribution in [0.15, 0.2) is 36.8 Å². The Bertz CT molecular complexity index is 310. The van der Waals surface area contributed by atoms with E-state index in [2.05, 4.69) is 22.1 Å². The second kappa shape index (κ2) is 4.80. The Morgan fingerprint density at radius 3 is 2.69 bits per heavy atom. The molecule has 0 atom stereocenters. The van der Waals surface area contributed by atoms with Crippen LogP contribution >= 0.6 is 0 Å². The molecule has 13 heavy (non-hydrogen) atoms. The van der Waals surface area contributed by atoms with Gasteiger partial charge >= 0.3 is 18.6 Å². The molecule has 2 rings (SSSR count). The smallest absolute Gasteiger partial charge is 0.325 e. The fourth-order valence-electron chi connectivity index (χ4n) is 0.948. The Morgan fingerprint density at radius 1 is 1.15 bits per heavy atom. The maximum absolute atomic E-state index is 4.05. The van der Waals surface area contributed by atoms with Crippen molar-refractivity contribution in [3.8, 4) is 11.3 Å². The Morgan fingerprint density at radius 2 is 2.08 bits per heavy atom. The molecule has 1 radical (unpaired) electrons. The molecule has 0 unspecified atom stereocenters. The minimum absolute atomic E-state index is 0. The van der Waals surface area contributed by atoms with Crippen molar-refractivity contribution in [1.29, 1.82) is 0 Å². The molecule has 0 bridgehead atoms. The van der Waals surface area contributed by atoms with Crippen LogP contribution in [0.1, 0.15) is 0 Å². The van der Waals surface area contributed by atoms with Gasteiger partial charge in [-0.15, -0.1) is 6.07 Å². The first-order valence-electron chi connectivity index (χ1n) is 3.61. The van der Waals surface area contributed by atoms with Crippen LogP contribution in [0.3, 0.4) is 0 Å². The van der Waals surface area contributed by atoms with Crippen LogP contribution in [0.4, 0.5) is 0 Å². The predicted molar refractivity (Wildman–Crippen MR) is 45.1 cm³/mol. The Balaban J connectivity index is 0.000000845. The van der Waals surface area contributed by atoms with Crippen molar-refractivity contribution >= 4 is 0 Å². The van der Waals surface area contributed by atoms with Crippen molar-refractivity contribution in [2.24, 2.45) is 0 Å². The molecule has 0 spiro atoms. The molecule has 0 aliphatic rings. The van der Waals surface area contributed by atoms with E-state index in [1.807, 2.05) is 24.3 Å². The van der Waals surface area contributed by atoms with Gasteiger partial charge in [-0.3, -0.25) is 16.6 Å². The molecule has 1 aromatic carbocycles. The van der Waals surface area contributed by atoms with Crippen LogP contribution in [0.25, 0.3) is 11.3 Å². The topological polar surface area (TPSA) is 25.8 Å².